The quantitative estimate of drug-likeness (QED) is 0.779. The van der Waals surface area contributed by atoms with Crippen LogP contribution in [0, 0.1) is 0 Å². The maximum Gasteiger partial charge on any atom is 0.227 e. The highest BCUT2D eigenvalue weighted by molar-refractivity contribution is 9.11. The van der Waals surface area contributed by atoms with E-state index in [2.05, 4.69) is 46.3 Å². The minimum Gasteiger partial charge on any atom is -0.307 e. The first kappa shape index (κ1) is 12.4. The molecule has 90 valence electrons. The van der Waals surface area contributed by atoms with Crippen molar-refractivity contribution in [1.82, 2.24) is 4.90 Å². The standard InChI is InChI=1S/C14H16BrNO/c15-13(16-11-5-10-14(16)17)9-4-8-12-6-2-1-3-7-12/h1-3,6-7,9H,4-5,8,10-11H2/b13-9+. The van der Waals surface area contributed by atoms with E-state index in [4.69, 9.17) is 0 Å². The van der Waals surface area contributed by atoms with Gasteiger partial charge in [-0.15, -0.1) is 0 Å². The van der Waals surface area contributed by atoms with Gasteiger partial charge in [0.2, 0.25) is 5.91 Å². The van der Waals surface area contributed by atoms with Gasteiger partial charge in [0, 0.05) is 13.0 Å². The Balaban J connectivity index is 1.86. The molecule has 1 aromatic carbocycles. The largest absolute Gasteiger partial charge is 0.307 e. The minimum absolute atomic E-state index is 0.229. The van der Waals surface area contributed by atoms with E-state index >= 15 is 0 Å². The fourth-order valence-corrected chi connectivity index (χ4v) is 2.59. The van der Waals surface area contributed by atoms with Crippen molar-refractivity contribution in [2.45, 2.75) is 25.7 Å². The first-order valence-corrected chi connectivity index (χ1v) is 6.76. The van der Waals surface area contributed by atoms with Crippen molar-refractivity contribution in [3.8, 4) is 0 Å². The smallest absolute Gasteiger partial charge is 0.227 e. The van der Waals surface area contributed by atoms with Crippen LogP contribution in [0.15, 0.2) is 41.0 Å². The van der Waals surface area contributed by atoms with Crippen LogP contribution in [0.3, 0.4) is 0 Å². The molecular weight excluding hydrogens is 278 g/mol. The second-order valence-electron chi connectivity index (χ2n) is 4.20. The molecule has 1 aromatic rings. The summed E-state index contributed by atoms with van der Waals surface area (Å²) in [6, 6.07) is 10.4. The van der Waals surface area contributed by atoms with Gasteiger partial charge in [0.25, 0.3) is 0 Å². The van der Waals surface area contributed by atoms with E-state index in [1.807, 2.05) is 11.0 Å². The van der Waals surface area contributed by atoms with E-state index in [1.165, 1.54) is 5.56 Å². The third kappa shape index (κ3) is 3.43. The number of nitrogens with zero attached hydrogens (tertiary/aromatic N) is 1. The van der Waals surface area contributed by atoms with Crippen LogP contribution in [0.25, 0.3) is 0 Å². The number of amides is 1. The summed E-state index contributed by atoms with van der Waals surface area (Å²) in [4.78, 5) is 13.3. The second-order valence-corrected chi connectivity index (χ2v) is 5.01. The Hall–Kier alpha value is -1.09. The van der Waals surface area contributed by atoms with E-state index < -0.39 is 0 Å². The Labute approximate surface area is 110 Å². The number of hydrogen-bond donors (Lipinski definition) is 0. The first-order valence-electron chi connectivity index (χ1n) is 5.97. The Morgan fingerprint density at radius 2 is 2.12 bits per heavy atom. The van der Waals surface area contributed by atoms with Gasteiger partial charge in [0.15, 0.2) is 0 Å². The molecule has 2 rings (SSSR count). The zero-order chi connectivity index (χ0) is 12.1. The van der Waals surface area contributed by atoms with Gasteiger partial charge in [-0.3, -0.25) is 4.79 Å². The van der Waals surface area contributed by atoms with Gasteiger partial charge in [-0.1, -0.05) is 36.4 Å². The van der Waals surface area contributed by atoms with Crippen molar-refractivity contribution in [2.24, 2.45) is 0 Å². The summed E-state index contributed by atoms with van der Waals surface area (Å²) in [7, 11) is 0. The lowest BCUT2D eigenvalue weighted by Crippen LogP contribution is -2.20. The lowest BCUT2D eigenvalue weighted by atomic mass is 10.1. The maximum absolute atomic E-state index is 11.5. The molecule has 0 radical (unpaired) electrons. The number of hydrogen-bond acceptors (Lipinski definition) is 1. The van der Waals surface area contributed by atoms with Gasteiger partial charge in [-0.2, -0.15) is 0 Å². The molecule has 0 atom stereocenters. The third-order valence-corrected chi connectivity index (χ3v) is 3.67. The number of aryl methyl sites for hydroxylation is 1. The Morgan fingerprint density at radius 3 is 2.76 bits per heavy atom. The van der Waals surface area contributed by atoms with Crippen molar-refractivity contribution in [1.29, 1.82) is 0 Å². The van der Waals surface area contributed by atoms with Crippen molar-refractivity contribution >= 4 is 21.8 Å². The normalized spacial score (nSPS) is 16.6. The summed E-state index contributed by atoms with van der Waals surface area (Å²) in [6.45, 7) is 0.848. The van der Waals surface area contributed by atoms with Gasteiger partial charge >= 0.3 is 0 Å². The zero-order valence-electron chi connectivity index (χ0n) is 9.73. The summed E-state index contributed by atoms with van der Waals surface area (Å²) in [5.74, 6) is 0.229. The van der Waals surface area contributed by atoms with Crippen LogP contribution in [-0.4, -0.2) is 17.4 Å². The van der Waals surface area contributed by atoms with Crippen molar-refractivity contribution < 1.29 is 4.79 Å². The number of likely N-dealkylation sites (tertiary alicyclic amines) is 1. The average Bonchev–Trinajstić information content (AvgIpc) is 2.77. The van der Waals surface area contributed by atoms with Gasteiger partial charge in [-0.25, -0.2) is 0 Å². The van der Waals surface area contributed by atoms with Crippen molar-refractivity contribution in [3.63, 3.8) is 0 Å². The summed E-state index contributed by atoms with van der Waals surface area (Å²) in [5.41, 5.74) is 1.33. The fourth-order valence-electron chi connectivity index (χ4n) is 1.99. The van der Waals surface area contributed by atoms with E-state index in [9.17, 15) is 4.79 Å². The zero-order valence-corrected chi connectivity index (χ0v) is 11.3. The average molecular weight is 294 g/mol. The van der Waals surface area contributed by atoms with Crippen LogP contribution in [0.5, 0.6) is 0 Å². The van der Waals surface area contributed by atoms with Gasteiger partial charge in [0.1, 0.15) is 0 Å². The molecule has 1 fully saturated rings. The SMILES string of the molecule is O=C1CCCN1/C(Br)=C/CCc1ccccc1. The number of carbonyl (C=O) groups is 1. The number of rotatable bonds is 4. The molecule has 0 spiro atoms. The molecule has 1 amide bonds. The molecule has 0 aromatic heterocycles. The molecule has 1 saturated heterocycles. The Morgan fingerprint density at radius 1 is 1.35 bits per heavy atom. The van der Waals surface area contributed by atoms with Crippen LogP contribution in [0.4, 0.5) is 0 Å². The number of benzene rings is 1. The van der Waals surface area contributed by atoms with Crippen molar-refractivity contribution in [2.75, 3.05) is 6.54 Å². The van der Waals surface area contributed by atoms with Crippen LogP contribution in [0.2, 0.25) is 0 Å². The topological polar surface area (TPSA) is 20.3 Å². The van der Waals surface area contributed by atoms with Crippen LogP contribution in [-0.2, 0) is 11.2 Å². The molecule has 1 aliphatic heterocycles. The van der Waals surface area contributed by atoms with Crippen LogP contribution >= 0.6 is 15.9 Å². The lowest BCUT2D eigenvalue weighted by molar-refractivity contribution is -0.125. The van der Waals surface area contributed by atoms with E-state index in [0.717, 1.165) is 30.4 Å². The molecule has 2 nitrogen and oxygen atoms in total. The molecular formula is C14H16BrNO. The molecule has 0 aliphatic carbocycles. The predicted molar refractivity (Wildman–Crippen MR) is 72.7 cm³/mol. The Bertz CT molecular complexity index is 413. The summed E-state index contributed by atoms with van der Waals surface area (Å²) < 4.78 is 0.927. The second kappa shape index (κ2) is 6.01. The summed E-state index contributed by atoms with van der Waals surface area (Å²) in [6.07, 6.45) is 5.71. The maximum atomic E-state index is 11.5. The summed E-state index contributed by atoms with van der Waals surface area (Å²) >= 11 is 3.48. The first-order chi connectivity index (χ1) is 8.27. The van der Waals surface area contributed by atoms with Crippen LogP contribution in [0.1, 0.15) is 24.8 Å². The Kier molecular flexibility index (Phi) is 4.37. The van der Waals surface area contributed by atoms with Gasteiger partial charge in [0.05, 0.1) is 4.61 Å². The van der Waals surface area contributed by atoms with Crippen molar-refractivity contribution in [3.05, 3.63) is 46.6 Å². The number of halogens is 1. The van der Waals surface area contributed by atoms with E-state index in [-0.39, 0.29) is 5.91 Å². The minimum atomic E-state index is 0.229. The van der Waals surface area contributed by atoms with E-state index in [0.29, 0.717) is 6.42 Å². The molecule has 0 saturated carbocycles. The highest BCUT2D eigenvalue weighted by Crippen LogP contribution is 2.21. The molecule has 0 unspecified atom stereocenters. The molecule has 3 heteroatoms. The highest BCUT2D eigenvalue weighted by Gasteiger charge is 2.21. The predicted octanol–water partition coefficient (Wildman–Crippen LogP) is 3.48. The molecule has 0 N–H and O–H groups in total. The van der Waals surface area contributed by atoms with Gasteiger partial charge in [-0.05, 0) is 40.8 Å². The third-order valence-electron chi connectivity index (χ3n) is 2.92. The van der Waals surface area contributed by atoms with Crippen LogP contribution < -0.4 is 0 Å². The fraction of sp³-hybridized carbons (Fsp3) is 0.357. The molecule has 17 heavy (non-hydrogen) atoms. The number of allylic oxidation sites excluding steroid dienone is 1. The molecule has 1 aliphatic rings. The number of carbonyl (C=O) groups excluding carboxylic acids is 1. The molecule has 1 heterocycles. The van der Waals surface area contributed by atoms with E-state index in [1.54, 1.807) is 0 Å². The molecule has 0 bridgehead atoms. The lowest BCUT2D eigenvalue weighted by Gasteiger charge is -2.14. The monoisotopic (exact) mass is 293 g/mol. The summed E-state index contributed by atoms with van der Waals surface area (Å²) in [5, 5.41) is 0. The highest BCUT2D eigenvalue weighted by atomic mass is 79.9. The van der Waals surface area contributed by atoms with Gasteiger partial charge < -0.3 is 4.90 Å².